The second-order valence-electron chi connectivity index (χ2n) is 3.86. The van der Waals surface area contributed by atoms with Crippen molar-refractivity contribution in [3.8, 4) is 0 Å². The molecule has 1 amide bonds. The minimum atomic E-state index is -3.61. The third-order valence-electron chi connectivity index (χ3n) is 2.38. The van der Waals surface area contributed by atoms with E-state index in [2.05, 4.69) is 30.7 Å². The maximum Gasteiger partial charge on any atom is 0.411 e. The lowest BCUT2D eigenvalue weighted by molar-refractivity contribution is 0.187. The Balaban J connectivity index is 2.11. The smallest absolute Gasteiger partial charge is 0.411 e. The number of sulfonamides is 1. The van der Waals surface area contributed by atoms with E-state index in [1.54, 1.807) is 30.3 Å². The molecule has 0 unspecified atom stereocenters. The third-order valence-corrected chi connectivity index (χ3v) is 5.88. The molecule has 0 aliphatic carbocycles. The summed E-state index contributed by atoms with van der Waals surface area (Å²) in [5, 5.41) is 2.47. The number of benzene rings is 1. The van der Waals surface area contributed by atoms with Gasteiger partial charge in [0.2, 0.25) is 0 Å². The molecule has 0 bridgehead atoms. The molecule has 0 saturated carbocycles. The maximum atomic E-state index is 12.1. The Morgan fingerprint density at radius 2 is 1.76 bits per heavy atom. The van der Waals surface area contributed by atoms with Gasteiger partial charge in [0.1, 0.15) is 4.21 Å². The van der Waals surface area contributed by atoms with E-state index >= 15 is 0 Å². The molecule has 0 atom stereocenters. The van der Waals surface area contributed by atoms with Crippen molar-refractivity contribution in [1.82, 2.24) is 0 Å². The molecule has 0 radical (unpaired) electrons. The molecule has 9 heteroatoms. The Bertz CT molecular complexity index is 741. The number of thiophene rings is 1. The molecule has 1 aromatic heterocycles. The van der Waals surface area contributed by atoms with Crippen LogP contribution in [0.1, 0.15) is 0 Å². The first-order chi connectivity index (χ1) is 9.90. The predicted molar refractivity (Wildman–Crippen MR) is 85.3 cm³/mol. The quantitative estimate of drug-likeness (QED) is 0.836. The van der Waals surface area contributed by atoms with Crippen molar-refractivity contribution in [1.29, 1.82) is 0 Å². The first-order valence-corrected chi connectivity index (χ1v) is 8.73. The third kappa shape index (κ3) is 4.19. The molecule has 2 aromatic rings. The van der Waals surface area contributed by atoms with Crippen LogP contribution < -0.4 is 10.0 Å². The van der Waals surface area contributed by atoms with Gasteiger partial charge in [0.05, 0.1) is 10.9 Å². The largest absolute Gasteiger partial charge is 0.453 e. The summed E-state index contributed by atoms with van der Waals surface area (Å²) >= 11 is 4.34. The number of amides is 1. The van der Waals surface area contributed by atoms with Gasteiger partial charge in [0, 0.05) is 11.4 Å². The molecule has 1 heterocycles. The average Bonchev–Trinajstić information content (AvgIpc) is 2.88. The Morgan fingerprint density at radius 1 is 1.14 bits per heavy atom. The fourth-order valence-corrected chi connectivity index (χ4v) is 4.51. The lowest BCUT2D eigenvalue weighted by Crippen LogP contribution is -2.12. The molecule has 112 valence electrons. The minimum absolute atomic E-state index is 0.214. The van der Waals surface area contributed by atoms with Gasteiger partial charge in [0.25, 0.3) is 10.0 Å². The van der Waals surface area contributed by atoms with Gasteiger partial charge in [-0.3, -0.25) is 10.0 Å². The number of methoxy groups -OCH3 is 1. The van der Waals surface area contributed by atoms with E-state index in [0.717, 1.165) is 15.1 Å². The summed E-state index contributed by atoms with van der Waals surface area (Å²) in [6, 6.07) is 9.42. The SMILES string of the molecule is COC(=O)Nc1ccc(NS(=O)(=O)c2ccc(Br)s2)cc1. The highest BCUT2D eigenvalue weighted by atomic mass is 79.9. The van der Waals surface area contributed by atoms with Crippen LogP contribution in [0.2, 0.25) is 0 Å². The zero-order chi connectivity index (χ0) is 15.5. The van der Waals surface area contributed by atoms with Crippen LogP contribution in [0.4, 0.5) is 16.2 Å². The van der Waals surface area contributed by atoms with Crippen molar-refractivity contribution < 1.29 is 17.9 Å². The average molecular weight is 391 g/mol. The van der Waals surface area contributed by atoms with Crippen LogP contribution in [0.25, 0.3) is 0 Å². The summed E-state index contributed by atoms with van der Waals surface area (Å²) < 4.78 is 32.1. The van der Waals surface area contributed by atoms with Gasteiger partial charge in [-0.25, -0.2) is 13.2 Å². The molecule has 0 spiro atoms. The molecular weight excluding hydrogens is 380 g/mol. The molecule has 0 aliphatic heterocycles. The van der Waals surface area contributed by atoms with Crippen molar-refractivity contribution in [2.24, 2.45) is 0 Å². The lowest BCUT2D eigenvalue weighted by atomic mass is 10.3. The summed E-state index contributed by atoms with van der Waals surface area (Å²) in [7, 11) is -2.35. The van der Waals surface area contributed by atoms with E-state index in [1.165, 1.54) is 13.2 Å². The van der Waals surface area contributed by atoms with Gasteiger partial charge in [-0.2, -0.15) is 0 Å². The molecule has 0 saturated heterocycles. The van der Waals surface area contributed by atoms with E-state index in [-0.39, 0.29) is 4.21 Å². The Hall–Kier alpha value is -1.58. The summed E-state index contributed by atoms with van der Waals surface area (Å²) in [6.07, 6.45) is -0.591. The molecule has 1 aromatic carbocycles. The minimum Gasteiger partial charge on any atom is -0.453 e. The highest BCUT2D eigenvalue weighted by Gasteiger charge is 2.16. The number of ether oxygens (including phenoxy) is 1. The van der Waals surface area contributed by atoms with Crippen molar-refractivity contribution in [2.75, 3.05) is 17.1 Å². The second kappa shape index (κ2) is 6.46. The molecular formula is C12H11BrN2O4S2. The molecule has 2 N–H and O–H groups in total. The van der Waals surface area contributed by atoms with E-state index in [4.69, 9.17) is 0 Å². The van der Waals surface area contributed by atoms with Crippen molar-refractivity contribution in [3.63, 3.8) is 0 Å². The summed E-state index contributed by atoms with van der Waals surface area (Å²) in [4.78, 5) is 11.0. The van der Waals surface area contributed by atoms with Crippen LogP contribution in [0.5, 0.6) is 0 Å². The monoisotopic (exact) mass is 390 g/mol. The first-order valence-electron chi connectivity index (χ1n) is 5.64. The molecule has 21 heavy (non-hydrogen) atoms. The summed E-state index contributed by atoms with van der Waals surface area (Å²) in [5.41, 5.74) is 0.901. The van der Waals surface area contributed by atoms with Gasteiger partial charge in [-0.15, -0.1) is 11.3 Å². The number of nitrogens with one attached hydrogen (secondary N) is 2. The summed E-state index contributed by atoms with van der Waals surface area (Å²) in [5.74, 6) is 0. The zero-order valence-corrected chi connectivity index (χ0v) is 14.0. The van der Waals surface area contributed by atoms with Crippen LogP contribution in [-0.2, 0) is 14.8 Å². The van der Waals surface area contributed by atoms with Gasteiger partial charge in [0.15, 0.2) is 0 Å². The second-order valence-corrected chi connectivity index (χ2v) is 8.23. The highest BCUT2D eigenvalue weighted by molar-refractivity contribution is 9.11. The standard InChI is InChI=1S/C12H11BrN2O4S2/c1-19-12(16)14-8-2-4-9(5-3-8)15-21(17,18)11-7-6-10(13)20-11/h2-7,15H,1H3,(H,14,16). The topological polar surface area (TPSA) is 84.5 Å². The fourth-order valence-electron chi connectivity index (χ4n) is 1.44. The van der Waals surface area contributed by atoms with Crippen molar-refractivity contribution in [2.45, 2.75) is 4.21 Å². The van der Waals surface area contributed by atoms with Crippen LogP contribution in [0.3, 0.4) is 0 Å². The normalized spacial score (nSPS) is 11.0. The van der Waals surface area contributed by atoms with Gasteiger partial charge >= 0.3 is 6.09 Å². The summed E-state index contributed by atoms with van der Waals surface area (Å²) in [6.45, 7) is 0. The van der Waals surface area contributed by atoms with E-state index in [0.29, 0.717) is 11.4 Å². The van der Waals surface area contributed by atoms with Crippen LogP contribution >= 0.6 is 27.3 Å². The van der Waals surface area contributed by atoms with Crippen molar-refractivity contribution in [3.05, 3.63) is 40.2 Å². The number of hydrogen-bond donors (Lipinski definition) is 2. The number of anilines is 2. The lowest BCUT2D eigenvalue weighted by Gasteiger charge is -2.08. The zero-order valence-electron chi connectivity index (χ0n) is 10.8. The maximum absolute atomic E-state index is 12.1. The van der Waals surface area contributed by atoms with Gasteiger partial charge in [-0.05, 0) is 52.3 Å². The fraction of sp³-hybridized carbons (Fsp3) is 0.0833. The Kier molecular flexibility index (Phi) is 4.86. The van der Waals surface area contributed by atoms with E-state index in [1.807, 2.05) is 0 Å². The van der Waals surface area contributed by atoms with Crippen LogP contribution in [0.15, 0.2) is 44.4 Å². The Labute approximate surface area is 134 Å². The number of hydrogen-bond acceptors (Lipinski definition) is 5. The predicted octanol–water partition coefficient (Wildman–Crippen LogP) is 3.49. The van der Waals surface area contributed by atoms with Crippen molar-refractivity contribution >= 4 is 54.8 Å². The van der Waals surface area contributed by atoms with Gasteiger partial charge < -0.3 is 4.74 Å². The molecule has 6 nitrogen and oxygen atoms in total. The number of rotatable bonds is 4. The van der Waals surface area contributed by atoms with Gasteiger partial charge in [-0.1, -0.05) is 0 Å². The van der Waals surface area contributed by atoms with Crippen LogP contribution in [0, 0.1) is 0 Å². The Morgan fingerprint density at radius 3 is 2.29 bits per heavy atom. The molecule has 2 rings (SSSR count). The number of carbonyl (C=O) groups is 1. The molecule has 0 fully saturated rings. The number of halogens is 1. The van der Waals surface area contributed by atoms with E-state index in [9.17, 15) is 13.2 Å². The van der Waals surface area contributed by atoms with E-state index < -0.39 is 16.1 Å². The number of carbonyl (C=O) groups excluding carboxylic acids is 1. The highest BCUT2D eigenvalue weighted by Crippen LogP contribution is 2.27. The first kappa shape index (κ1) is 15.8. The molecule has 0 aliphatic rings. The van der Waals surface area contributed by atoms with Crippen LogP contribution in [-0.4, -0.2) is 21.6 Å².